The van der Waals surface area contributed by atoms with Gasteiger partial charge in [-0.3, -0.25) is 14.9 Å². The van der Waals surface area contributed by atoms with E-state index in [-0.39, 0.29) is 17.1 Å². The fourth-order valence-corrected chi connectivity index (χ4v) is 1.52. The Morgan fingerprint density at radius 2 is 2.00 bits per heavy atom. The van der Waals surface area contributed by atoms with Crippen molar-refractivity contribution in [3.63, 3.8) is 0 Å². The molecule has 2 rings (SSSR count). The minimum Gasteiger partial charge on any atom is -0.383 e. The van der Waals surface area contributed by atoms with Gasteiger partial charge in [0.1, 0.15) is 12.0 Å². The third kappa shape index (κ3) is 3.08. The number of nitro groups is 1. The zero-order valence-corrected chi connectivity index (χ0v) is 10.3. The van der Waals surface area contributed by atoms with E-state index in [0.717, 1.165) is 30.5 Å². The highest BCUT2D eigenvalue weighted by Gasteiger charge is 2.17. The van der Waals surface area contributed by atoms with E-state index in [0.29, 0.717) is 0 Å². The Kier molecular flexibility index (Phi) is 3.74. The minimum atomic E-state index is -1.14. The summed E-state index contributed by atoms with van der Waals surface area (Å²) in [6.45, 7) is 0. The van der Waals surface area contributed by atoms with Crippen LogP contribution in [0.5, 0.6) is 0 Å². The number of aromatic nitrogens is 1. The molecule has 0 saturated heterocycles. The summed E-state index contributed by atoms with van der Waals surface area (Å²) in [6, 6.07) is 3.68. The number of nitrogens with one attached hydrogen (secondary N) is 1. The van der Waals surface area contributed by atoms with Crippen LogP contribution in [0.25, 0.3) is 0 Å². The van der Waals surface area contributed by atoms with E-state index in [2.05, 4.69) is 10.3 Å². The molecule has 1 heterocycles. The Balaban J connectivity index is 2.29. The zero-order chi connectivity index (χ0) is 15.6. The number of nitrogens with two attached hydrogens (primary N) is 1. The van der Waals surface area contributed by atoms with Crippen LogP contribution in [-0.4, -0.2) is 15.8 Å². The topological polar surface area (TPSA) is 111 Å². The molecule has 1 aromatic carbocycles. The quantitative estimate of drug-likeness (QED) is 0.665. The molecule has 0 atom stereocenters. The predicted molar refractivity (Wildman–Crippen MR) is 69.6 cm³/mol. The fourth-order valence-electron chi connectivity index (χ4n) is 1.52. The van der Waals surface area contributed by atoms with E-state index in [1.165, 1.54) is 0 Å². The summed E-state index contributed by atoms with van der Waals surface area (Å²) in [7, 11) is 0. The molecule has 0 saturated carbocycles. The first-order chi connectivity index (χ1) is 9.88. The highest BCUT2D eigenvalue weighted by Crippen LogP contribution is 2.19. The number of hydrogen-bond donors (Lipinski definition) is 2. The molecule has 0 radical (unpaired) electrons. The van der Waals surface area contributed by atoms with Crippen molar-refractivity contribution >= 4 is 23.1 Å². The van der Waals surface area contributed by atoms with Gasteiger partial charge in [0, 0.05) is 17.8 Å². The second-order valence-electron chi connectivity index (χ2n) is 3.97. The number of nitrogens with zero attached hydrogens (tertiary/aromatic N) is 2. The van der Waals surface area contributed by atoms with E-state index in [1.807, 2.05) is 0 Å². The lowest BCUT2D eigenvalue weighted by Crippen LogP contribution is -2.15. The molecule has 0 spiro atoms. The molecule has 108 valence electrons. The monoisotopic (exact) mass is 294 g/mol. The van der Waals surface area contributed by atoms with E-state index < -0.39 is 28.2 Å². The number of pyridine rings is 1. The standard InChI is InChI=1S/C12H8F2N4O3/c13-9-2-1-6(3-10(9)14)17-12(19)8-4-7(18(20)21)5-16-11(8)15/h1-5H,(H2,15,16)(H,17,19). The smallest absolute Gasteiger partial charge is 0.288 e. The molecule has 0 bridgehead atoms. The average molecular weight is 294 g/mol. The van der Waals surface area contributed by atoms with Crippen molar-refractivity contribution in [1.29, 1.82) is 0 Å². The summed E-state index contributed by atoms with van der Waals surface area (Å²) in [5.74, 6) is -3.25. The summed E-state index contributed by atoms with van der Waals surface area (Å²) in [5, 5.41) is 12.9. The van der Waals surface area contributed by atoms with Gasteiger partial charge in [-0.15, -0.1) is 0 Å². The number of amides is 1. The number of carbonyl (C=O) groups excluding carboxylic acids is 1. The van der Waals surface area contributed by atoms with Crippen LogP contribution in [0.15, 0.2) is 30.5 Å². The summed E-state index contributed by atoms with van der Waals surface area (Å²) in [5.41, 5.74) is 4.79. The van der Waals surface area contributed by atoms with Crippen LogP contribution >= 0.6 is 0 Å². The fraction of sp³-hybridized carbons (Fsp3) is 0. The van der Waals surface area contributed by atoms with Crippen LogP contribution in [0.4, 0.5) is 26.0 Å². The molecule has 1 aromatic heterocycles. The van der Waals surface area contributed by atoms with Crippen molar-refractivity contribution in [2.45, 2.75) is 0 Å². The molecule has 0 unspecified atom stereocenters. The Morgan fingerprint density at radius 1 is 1.29 bits per heavy atom. The molecular formula is C12H8F2N4O3. The molecule has 21 heavy (non-hydrogen) atoms. The number of halogens is 2. The molecule has 1 amide bonds. The Morgan fingerprint density at radius 3 is 2.62 bits per heavy atom. The predicted octanol–water partition coefficient (Wildman–Crippen LogP) is 2.10. The average Bonchev–Trinajstić information content (AvgIpc) is 2.43. The number of anilines is 2. The minimum absolute atomic E-state index is 0.0233. The first-order valence-electron chi connectivity index (χ1n) is 5.55. The molecule has 0 aliphatic heterocycles. The number of carbonyl (C=O) groups is 1. The number of hydrogen-bond acceptors (Lipinski definition) is 5. The molecule has 0 aliphatic carbocycles. The van der Waals surface area contributed by atoms with Gasteiger partial charge in [-0.25, -0.2) is 13.8 Å². The normalized spacial score (nSPS) is 10.2. The van der Waals surface area contributed by atoms with Crippen molar-refractivity contribution in [3.8, 4) is 0 Å². The van der Waals surface area contributed by atoms with Crippen LogP contribution in [0.1, 0.15) is 10.4 Å². The second kappa shape index (κ2) is 5.49. The van der Waals surface area contributed by atoms with Crippen LogP contribution < -0.4 is 11.1 Å². The molecule has 2 aromatic rings. The van der Waals surface area contributed by atoms with Gasteiger partial charge in [0.2, 0.25) is 0 Å². The summed E-state index contributed by atoms with van der Waals surface area (Å²) in [6.07, 6.45) is 0.906. The van der Waals surface area contributed by atoms with Crippen LogP contribution in [-0.2, 0) is 0 Å². The third-order valence-electron chi connectivity index (χ3n) is 2.54. The van der Waals surface area contributed by atoms with Crippen molar-refractivity contribution in [3.05, 3.63) is 57.8 Å². The number of nitrogen functional groups attached to an aromatic ring is 1. The second-order valence-corrected chi connectivity index (χ2v) is 3.97. The van der Waals surface area contributed by atoms with Crippen molar-refractivity contribution in [1.82, 2.24) is 4.98 Å². The molecule has 3 N–H and O–H groups in total. The first kappa shape index (κ1) is 14.3. The van der Waals surface area contributed by atoms with Gasteiger partial charge in [-0.05, 0) is 12.1 Å². The number of rotatable bonds is 3. The van der Waals surface area contributed by atoms with E-state index in [1.54, 1.807) is 0 Å². The highest BCUT2D eigenvalue weighted by molar-refractivity contribution is 6.07. The Labute approximate surface area is 116 Å². The lowest BCUT2D eigenvalue weighted by atomic mass is 10.2. The maximum absolute atomic E-state index is 13.0. The lowest BCUT2D eigenvalue weighted by molar-refractivity contribution is -0.385. The van der Waals surface area contributed by atoms with Crippen molar-refractivity contribution in [2.75, 3.05) is 11.1 Å². The van der Waals surface area contributed by atoms with Gasteiger partial charge in [-0.1, -0.05) is 0 Å². The maximum Gasteiger partial charge on any atom is 0.288 e. The van der Waals surface area contributed by atoms with Crippen molar-refractivity contribution in [2.24, 2.45) is 0 Å². The van der Waals surface area contributed by atoms with Gasteiger partial charge in [-0.2, -0.15) is 0 Å². The van der Waals surface area contributed by atoms with Crippen molar-refractivity contribution < 1.29 is 18.5 Å². The summed E-state index contributed by atoms with van der Waals surface area (Å²) < 4.78 is 25.8. The molecule has 7 nitrogen and oxygen atoms in total. The molecule has 0 aliphatic rings. The highest BCUT2D eigenvalue weighted by atomic mass is 19.2. The summed E-state index contributed by atoms with van der Waals surface area (Å²) >= 11 is 0. The first-order valence-corrected chi connectivity index (χ1v) is 5.55. The van der Waals surface area contributed by atoms with E-state index >= 15 is 0 Å². The molecule has 0 fully saturated rings. The van der Waals surface area contributed by atoms with Crippen LogP contribution in [0.2, 0.25) is 0 Å². The number of benzene rings is 1. The zero-order valence-electron chi connectivity index (χ0n) is 10.3. The summed E-state index contributed by atoms with van der Waals surface area (Å²) in [4.78, 5) is 25.4. The SMILES string of the molecule is Nc1ncc([N+](=O)[O-])cc1C(=O)Nc1ccc(F)c(F)c1. The van der Waals surface area contributed by atoms with Gasteiger partial charge < -0.3 is 11.1 Å². The molecule has 9 heteroatoms. The van der Waals surface area contributed by atoms with E-state index in [9.17, 15) is 23.7 Å². The Bertz CT molecular complexity index is 736. The van der Waals surface area contributed by atoms with Gasteiger partial charge in [0.15, 0.2) is 11.6 Å². The Hall–Kier alpha value is -3.10. The maximum atomic E-state index is 13.0. The van der Waals surface area contributed by atoms with Gasteiger partial charge in [0.05, 0.1) is 10.5 Å². The lowest BCUT2D eigenvalue weighted by Gasteiger charge is -2.07. The van der Waals surface area contributed by atoms with Crippen LogP contribution in [0.3, 0.4) is 0 Å². The van der Waals surface area contributed by atoms with E-state index in [4.69, 9.17) is 5.73 Å². The largest absolute Gasteiger partial charge is 0.383 e. The van der Waals surface area contributed by atoms with Gasteiger partial charge >= 0.3 is 0 Å². The molecular weight excluding hydrogens is 286 g/mol. The third-order valence-corrected chi connectivity index (χ3v) is 2.54. The van der Waals surface area contributed by atoms with Gasteiger partial charge in [0.25, 0.3) is 11.6 Å². The van der Waals surface area contributed by atoms with Crippen LogP contribution in [0, 0.1) is 21.7 Å².